The summed E-state index contributed by atoms with van der Waals surface area (Å²) < 4.78 is 7.40. The molecule has 1 aromatic carbocycles. The Morgan fingerprint density at radius 1 is 1.12 bits per heavy atom. The number of piperidine rings is 1. The zero-order valence-electron chi connectivity index (χ0n) is 14.4. The molecule has 4 heteroatoms. The molecule has 0 unspecified atom stereocenters. The van der Waals surface area contributed by atoms with Crippen LogP contribution in [0, 0.1) is 0 Å². The normalized spacial score (nSPS) is 16.4. The molecule has 0 atom stereocenters. The summed E-state index contributed by atoms with van der Waals surface area (Å²) in [5.74, 6) is 0.514. The van der Waals surface area contributed by atoms with Crippen molar-refractivity contribution in [3.63, 3.8) is 0 Å². The van der Waals surface area contributed by atoms with E-state index in [1.807, 2.05) is 24.4 Å². The van der Waals surface area contributed by atoms with E-state index in [-0.39, 0.29) is 5.56 Å². The van der Waals surface area contributed by atoms with Gasteiger partial charge in [0.05, 0.1) is 13.2 Å². The molecule has 1 aromatic heterocycles. The predicted molar refractivity (Wildman–Crippen MR) is 96.2 cm³/mol. The second-order valence-corrected chi connectivity index (χ2v) is 6.56. The molecule has 128 valence electrons. The lowest BCUT2D eigenvalue weighted by molar-refractivity contribution is 0.0840. The zero-order valence-corrected chi connectivity index (χ0v) is 14.4. The number of nitrogens with zero attached hydrogens (tertiary/aromatic N) is 2. The van der Waals surface area contributed by atoms with Crippen molar-refractivity contribution in [3.05, 3.63) is 70.1 Å². The predicted octanol–water partition coefficient (Wildman–Crippen LogP) is 2.78. The van der Waals surface area contributed by atoms with E-state index >= 15 is 0 Å². The third kappa shape index (κ3) is 4.56. The number of hydrogen-bond donors (Lipinski definition) is 0. The Bertz CT molecular complexity index is 688. The molecule has 0 saturated carbocycles. The monoisotopic (exact) mass is 326 g/mol. The van der Waals surface area contributed by atoms with Crippen LogP contribution in [-0.4, -0.2) is 35.7 Å². The Balaban J connectivity index is 1.39. The summed E-state index contributed by atoms with van der Waals surface area (Å²) in [6, 6.07) is 14.2. The van der Waals surface area contributed by atoms with Crippen molar-refractivity contribution in [2.45, 2.75) is 25.4 Å². The maximum atomic E-state index is 11.8. The van der Waals surface area contributed by atoms with Gasteiger partial charge in [-0.3, -0.25) is 4.79 Å². The van der Waals surface area contributed by atoms with Gasteiger partial charge in [0.15, 0.2) is 0 Å². The number of rotatable bonds is 6. The van der Waals surface area contributed by atoms with E-state index in [0.717, 1.165) is 39.1 Å². The quantitative estimate of drug-likeness (QED) is 0.766. The minimum atomic E-state index is 0.0873. The molecule has 0 radical (unpaired) electrons. The fourth-order valence-corrected chi connectivity index (χ4v) is 3.27. The van der Waals surface area contributed by atoms with Crippen molar-refractivity contribution in [3.8, 4) is 0 Å². The second-order valence-electron chi connectivity index (χ2n) is 6.56. The van der Waals surface area contributed by atoms with E-state index < -0.39 is 0 Å². The minimum absolute atomic E-state index is 0.0873. The number of pyridine rings is 1. The van der Waals surface area contributed by atoms with Gasteiger partial charge in [0.1, 0.15) is 0 Å². The molecule has 3 rings (SSSR count). The number of aromatic nitrogens is 1. The van der Waals surface area contributed by atoms with Gasteiger partial charge in [-0.05, 0) is 49.0 Å². The van der Waals surface area contributed by atoms with Crippen LogP contribution < -0.4 is 5.56 Å². The van der Waals surface area contributed by atoms with Gasteiger partial charge in [0, 0.05) is 25.9 Å². The second kappa shape index (κ2) is 8.27. The van der Waals surface area contributed by atoms with Gasteiger partial charge in [-0.1, -0.05) is 30.3 Å². The first-order valence-corrected chi connectivity index (χ1v) is 8.73. The maximum absolute atomic E-state index is 11.8. The molecule has 2 aromatic rings. The molecule has 0 spiro atoms. The summed E-state index contributed by atoms with van der Waals surface area (Å²) >= 11 is 0. The molecule has 0 aliphatic carbocycles. The van der Waals surface area contributed by atoms with Gasteiger partial charge in [0.25, 0.3) is 5.56 Å². The highest BCUT2D eigenvalue weighted by atomic mass is 16.5. The zero-order chi connectivity index (χ0) is 16.8. The number of likely N-dealkylation sites (tertiary alicyclic amines) is 1. The van der Waals surface area contributed by atoms with E-state index in [0.29, 0.717) is 12.5 Å². The van der Waals surface area contributed by atoms with Crippen LogP contribution in [0.15, 0.2) is 53.5 Å². The summed E-state index contributed by atoms with van der Waals surface area (Å²) in [7, 11) is 1.80. The Morgan fingerprint density at radius 3 is 2.58 bits per heavy atom. The molecule has 1 aliphatic rings. The summed E-state index contributed by atoms with van der Waals surface area (Å²) in [5, 5.41) is 0. The van der Waals surface area contributed by atoms with Gasteiger partial charge in [-0.15, -0.1) is 0 Å². The van der Waals surface area contributed by atoms with Crippen molar-refractivity contribution >= 4 is 0 Å². The van der Waals surface area contributed by atoms with Crippen LogP contribution in [0.25, 0.3) is 0 Å². The van der Waals surface area contributed by atoms with Crippen LogP contribution in [0.4, 0.5) is 0 Å². The van der Waals surface area contributed by atoms with E-state index in [9.17, 15) is 4.79 Å². The summed E-state index contributed by atoms with van der Waals surface area (Å²) in [6.45, 7) is 4.59. The van der Waals surface area contributed by atoms with Crippen LogP contribution >= 0.6 is 0 Å². The van der Waals surface area contributed by atoms with Crippen LogP contribution in [0.2, 0.25) is 0 Å². The fourth-order valence-electron chi connectivity index (χ4n) is 3.27. The number of ether oxygens (including phenoxy) is 1. The van der Waals surface area contributed by atoms with E-state index in [1.54, 1.807) is 17.7 Å². The summed E-state index contributed by atoms with van der Waals surface area (Å²) in [5.41, 5.74) is 2.50. The lowest BCUT2D eigenvalue weighted by atomic mass is 9.90. The Morgan fingerprint density at radius 2 is 1.88 bits per heavy atom. The smallest absolute Gasteiger partial charge is 0.250 e. The molecule has 1 aliphatic heterocycles. The average molecular weight is 326 g/mol. The first-order chi connectivity index (χ1) is 11.7. The maximum Gasteiger partial charge on any atom is 0.250 e. The van der Waals surface area contributed by atoms with Gasteiger partial charge in [-0.2, -0.15) is 0 Å². The highest BCUT2D eigenvalue weighted by Gasteiger charge is 2.20. The number of aryl methyl sites for hydroxylation is 1. The van der Waals surface area contributed by atoms with E-state index in [4.69, 9.17) is 4.74 Å². The van der Waals surface area contributed by atoms with Crippen LogP contribution in [0.3, 0.4) is 0 Å². The van der Waals surface area contributed by atoms with Gasteiger partial charge in [0.2, 0.25) is 0 Å². The standard InChI is InChI=1S/C20H26N2O2/c1-21-10-7-19(15-20(21)23)18-8-11-22(12-9-18)13-14-24-16-17-5-3-2-4-6-17/h2-7,10,15,18H,8-9,11-14,16H2,1H3. The van der Waals surface area contributed by atoms with E-state index in [1.165, 1.54) is 11.1 Å². The van der Waals surface area contributed by atoms with Gasteiger partial charge < -0.3 is 14.2 Å². The fraction of sp³-hybridized carbons (Fsp3) is 0.450. The van der Waals surface area contributed by atoms with Gasteiger partial charge >= 0.3 is 0 Å². The third-order valence-corrected chi connectivity index (χ3v) is 4.85. The Kier molecular flexibility index (Phi) is 5.83. The average Bonchev–Trinajstić information content (AvgIpc) is 2.62. The molecule has 0 amide bonds. The molecule has 0 N–H and O–H groups in total. The van der Waals surface area contributed by atoms with Gasteiger partial charge in [-0.25, -0.2) is 0 Å². The molecular formula is C20H26N2O2. The summed E-state index contributed by atoms with van der Waals surface area (Å²) in [4.78, 5) is 14.2. The van der Waals surface area contributed by atoms with Crippen LogP contribution in [-0.2, 0) is 18.4 Å². The lowest BCUT2D eigenvalue weighted by Gasteiger charge is -2.32. The Hall–Kier alpha value is -1.91. The SMILES string of the molecule is Cn1ccc(C2CCN(CCOCc3ccccc3)CC2)cc1=O. The van der Waals surface area contributed by atoms with Crippen molar-refractivity contribution in [2.75, 3.05) is 26.2 Å². The third-order valence-electron chi connectivity index (χ3n) is 4.85. The van der Waals surface area contributed by atoms with Crippen LogP contribution in [0.5, 0.6) is 0 Å². The lowest BCUT2D eigenvalue weighted by Crippen LogP contribution is -2.35. The Labute approximate surface area is 143 Å². The first kappa shape index (κ1) is 16.9. The molecule has 4 nitrogen and oxygen atoms in total. The topological polar surface area (TPSA) is 34.5 Å². The van der Waals surface area contributed by atoms with Crippen molar-refractivity contribution in [1.82, 2.24) is 9.47 Å². The summed E-state index contributed by atoms with van der Waals surface area (Å²) in [6.07, 6.45) is 4.11. The molecule has 24 heavy (non-hydrogen) atoms. The minimum Gasteiger partial charge on any atom is -0.375 e. The number of hydrogen-bond acceptors (Lipinski definition) is 3. The van der Waals surface area contributed by atoms with E-state index in [2.05, 4.69) is 23.1 Å². The molecule has 0 bridgehead atoms. The molecule has 2 heterocycles. The van der Waals surface area contributed by atoms with Crippen molar-refractivity contribution in [1.29, 1.82) is 0 Å². The molecular weight excluding hydrogens is 300 g/mol. The highest BCUT2D eigenvalue weighted by Crippen LogP contribution is 2.26. The highest BCUT2D eigenvalue weighted by molar-refractivity contribution is 5.17. The van der Waals surface area contributed by atoms with Crippen molar-refractivity contribution in [2.24, 2.45) is 7.05 Å². The van der Waals surface area contributed by atoms with Crippen molar-refractivity contribution < 1.29 is 4.74 Å². The molecule has 1 fully saturated rings. The van der Waals surface area contributed by atoms with Crippen LogP contribution in [0.1, 0.15) is 29.9 Å². The first-order valence-electron chi connectivity index (χ1n) is 8.73. The largest absolute Gasteiger partial charge is 0.375 e. The molecule has 1 saturated heterocycles. The number of benzene rings is 1.